The van der Waals surface area contributed by atoms with Crippen LogP contribution in [0.1, 0.15) is 19.4 Å². The van der Waals surface area contributed by atoms with E-state index in [0.29, 0.717) is 5.02 Å². The average molecular weight is 282 g/mol. The van der Waals surface area contributed by atoms with E-state index in [1.807, 2.05) is 19.1 Å². The van der Waals surface area contributed by atoms with Crippen LogP contribution in [0.4, 0.5) is 10.5 Å². The second-order valence-corrected chi connectivity index (χ2v) is 5.49. The maximum atomic E-state index is 12.0. The number of amides is 3. The van der Waals surface area contributed by atoms with E-state index in [-0.39, 0.29) is 18.6 Å². The number of carbonyl (C=O) groups excluding carboxylic acids is 2. The summed E-state index contributed by atoms with van der Waals surface area (Å²) in [6.07, 6.45) is 0. The minimum Gasteiger partial charge on any atom is -0.367 e. The molecule has 1 fully saturated rings. The van der Waals surface area contributed by atoms with Gasteiger partial charge in [-0.3, -0.25) is 4.79 Å². The normalized spacial score (nSPS) is 17.6. The van der Waals surface area contributed by atoms with Gasteiger partial charge in [-0.25, -0.2) is 9.69 Å². The van der Waals surface area contributed by atoms with Gasteiger partial charge >= 0.3 is 6.03 Å². The van der Waals surface area contributed by atoms with E-state index in [9.17, 15) is 9.59 Å². The van der Waals surface area contributed by atoms with E-state index in [1.54, 1.807) is 19.9 Å². The van der Waals surface area contributed by atoms with Gasteiger partial charge in [-0.05, 0) is 38.5 Å². The Bertz CT molecular complexity index is 543. The zero-order chi connectivity index (χ0) is 14.2. The van der Waals surface area contributed by atoms with E-state index in [2.05, 4.69) is 10.6 Å². The van der Waals surface area contributed by atoms with Crippen molar-refractivity contribution >= 4 is 29.2 Å². The first kappa shape index (κ1) is 13.7. The quantitative estimate of drug-likeness (QED) is 0.836. The van der Waals surface area contributed by atoms with Gasteiger partial charge in [0.1, 0.15) is 5.54 Å². The number of benzene rings is 1. The molecule has 0 unspecified atom stereocenters. The average Bonchev–Trinajstić information content (AvgIpc) is 2.51. The highest BCUT2D eigenvalue weighted by Gasteiger charge is 2.43. The topological polar surface area (TPSA) is 61.4 Å². The van der Waals surface area contributed by atoms with Crippen LogP contribution in [0, 0.1) is 6.92 Å². The molecule has 1 aliphatic rings. The van der Waals surface area contributed by atoms with Gasteiger partial charge in [0, 0.05) is 10.7 Å². The van der Waals surface area contributed by atoms with E-state index >= 15 is 0 Å². The molecule has 1 saturated heterocycles. The Morgan fingerprint density at radius 2 is 2.05 bits per heavy atom. The minimum absolute atomic E-state index is 0.119. The van der Waals surface area contributed by atoms with Crippen molar-refractivity contribution in [1.82, 2.24) is 10.2 Å². The molecule has 19 heavy (non-hydrogen) atoms. The fraction of sp³-hybridized carbons (Fsp3) is 0.385. The van der Waals surface area contributed by atoms with Crippen LogP contribution in [0.5, 0.6) is 0 Å². The molecular weight excluding hydrogens is 266 g/mol. The van der Waals surface area contributed by atoms with Crippen LogP contribution in [-0.4, -0.2) is 29.0 Å². The van der Waals surface area contributed by atoms with Gasteiger partial charge in [-0.2, -0.15) is 0 Å². The van der Waals surface area contributed by atoms with Crippen LogP contribution in [0.25, 0.3) is 0 Å². The Morgan fingerprint density at radius 1 is 1.37 bits per heavy atom. The molecule has 0 radical (unpaired) electrons. The summed E-state index contributed by atoms with van der Waals surface area (Å²) in [5, 5.41) is 6.28. The molecule has 0 spiro atoms. The van der Waals surface area contributed by atoms with Gasteiger partial charge in [0.15, 0.2) is 0 Å². The lowest BCUT2D eigenvalue weighted by atomic mass is 10.1. The number of halogens is 1. The summed E-state index contributed by atoms with van der Waals surface area (Å²) in [6, 6.07) is 5.10. The molecular formula is C13H16ClN3O2. The minimum atomic E-state index is -0.844. The second-order valence-electron chi connectivity index (χ2n) is 5.09. The van der Waals surface area contributed by atoms with Crippen LogP contribution >= 0.6 is 11.6 Å². The number of anilines is 1. The molecule has 0 bridgehead atoms. The Kier molecular flexibility index (Phi) is 3.41. The first-order valence-electron chi connectivity index (χ1n) is 5.95. The third-order valence-corrected chi connectivity index (χ3v) is 3.46. The zero-order valence-electron chi connectivity index (χ0n) is 11.1. The molecule has 1 heterocycles. The smallest absolute Gasteiger partial charge is 0.326 e. The Morgan fingerprint density at radius 3 is 2.58 bits per heavy atom. The molecule has 5 nitrogen and oxygen atoms in total. The first-order chi connectivity index (χ1) is 8.81. The highest BCUT2D eigenvalue weighted by molar-refractivity contribution is 6.31. The van der Waals surface area contributed by atoms with Gasteiger partial charge in [0.25, 0.3) is 5.91 Å². The van der Waals surface area contributed by atoms with Crippen LogP contribution in [0.15, 0.2) is 18.2 Å². The van der Waals surface area contributed by atoms with Crippen LogP contribution in [0.3, 0.4) is 0 Å². The second kappa shape index (κ2) is 4.74. The van der Waals surface area contributed by atoms with Crippen molar-refractivity contribution in [2.45, 2.75) is 26.3 Å². The van der Waals surface area contributed by atoms with Crippen LogP contribution < -0.4 is 10.6 Å². The molecule has 1 aromatic rings. The number of nitrogens with one attached hydrogen (secondary N) is 2. The summed E-state index contributed by atoms with van der Waals surface area (Å²) >= 11 is 6.01. The number of hydrogen-bond donors (Lipinski definition) is 2. The van der Waals surface area contributed by atoms with Crippen molar-refractivity contribution in [3.8, 4) is 0 Å². The molecule has 0 saturated carbocycles. The summed E-state index contributed by atoms with van der Waals surface area (Å²) < 4.78 is 0. The Labute approximate surface area is 116 Å². The monoisotopic (exact) mass is 281 g/mol. The summed E-state index contributed by atoms with van der Waals surface area (Å²) in [5.41, 5.74) is 0.896. The van der Waals surface area contributed by atoms with Crippen molar-refractivity contribution in [3.63, 3.8) is 0 Å². The van der Waals surface area contributed by atoms with Crippen LogP contribution in [-0.2, 0) is 4.79 Å². The number of hydrogen-bond acceptors (Lipinski definition) is 3. The molecule has 3 amide bonds. The number of imide groups is 1. The van der Waals surface area contributed by atoms with Gasteiger partial charge in [-0.15, -0.1) is 0 Å². The Balaban J connectivity index is 2.05. The highest BCUT2D eigenvalue weighted by atomic mass is 35.5. The van der Waals surface area contributed by atoms with Gasteiger partial charge < -0.3 is 10.6 Å². The molecule has 6 heteroatoms. The number of aryl methyl sites for hydroxylation is 1. The number of urea groups is 1. The predicted molar refractivity (Wildman–Crippen MR) is 74.1 cm³/mol. The van der Waals surface area contributed by atoms with Crippen molar-refractivity contribution in [2.24, 2.45) is 0 Å². The number of carbonyl (C=O) groups is 2. The van der Waals surface area contributed by atoms with Crippen molar-refractivity contribution in [1.29, 1.82) is 0 Å². The van der Waals surface area contributed by atoms with Crippen molar-refractivity contribution in [2.75, 3.05) is 12.0 Å². The standard InChI is InChI=1S/C13H16ClN3O2/c1-8-4-5-9(6-10(8)14)15-7-17-11(18)13(2,3)16-12(17)19/h4-6,15H,7H2,1-3H3,(H,16,19). The highest BCUT2D eigenvalue weighted by Crippen LogP contribution is 2.21. The molecule has 1 aromatic carbocycles. The maximum absolute atomic E-state index is 12.0. The lowest BCUT2D eigenvalue weighted by molar-refractivity contribution is -0.129. The van der Waals surface area contributed by atoms with E-state index in [0.717, 1.165) is 16.2 Å². The number of nitrogens with zero attached hydrogens (tertiary/aromatic N) is 1. The lowest BCUT2D eigenvalue weighted by Gasteiger charge is -2.17. The third kappa shape index (κ3) is 2.66. The molecule has 1 aliphatic heterocycles. The fourth-order valence-corrected chi connectivity index (χ4v) is 2.02. The van der Waals surface area contributed by atoms with Gasteiger partial charge in [0.05, 0.1) is 6.67 Å². The zero-order valence-corrected chi connectivity index (χ0v) is 11.8. The maximum Gasteiger partial charge on any atom is 0.326 e. The van der Waals surface area contributed by atoms with Crippen molar-refractivity contribution < 1.29 is 9.59 Å². The molecule has 2 rings (SSSR count). The SMILES string of the molecule is Cc1ccc(NCN2C(=O)NC(C)(C)C2=O)cc1Cl. The molecule has 0 atom stereocenters. The summed E-state index contributed by atoms with van der Waals surface area (Å²) in [5.74, 6) is -0.247. The molecule has 0 aromatic heterocycles. The van der Waals surface area contributed by atoms with Crippen LogP contribution in [0.2, 0.25) is 5.02 Å². The van der Waals surface area contributed by atoms with E-state index in [1.165, 1.54) is 0 Å². The van der Waals surface area contributed by atoms with E-state index in [4.69, 9.17) is 11.6 Å². The predicted octanol–water partition coefficient (Wildman–Crippen LogP) is 2.35. The van der Waals surface area contributed by atoms with Gasteiger partial charge in [0.2, 0.25) is 0 Å². The molecule has 2 N–H and O–H groups in total. The van der Waals surface area contributed by atoms with E-state index < -0.39 is 5.54 Å². The van der Waals surface area contributed by atoms with Gasteiger partial charge in [-0.1, -0.05) is 17.7 Å². The summed E-state index contributed by atoms with van der Waals surface area (Å²) in [7, 11) is 0. The lowest BCUT2D eigenvalue weighted by Crippen LogP contribution is -2.41. The molecule has 0 aliphatic carbocycles. The first-order valence-corrected chi connectivity index (χ1v) is 6.33. The summed E-state index contributed by atoms with van der Waals surface area (Å²) in [4.78, 5) is 24.8. The largest absolute Gasteiger partial charge is 0.367 e. The molecule has 102 valence electrons. The fourth-order valence-electron chi connectivity index (χ4n) is 1.83. The van der Waals surface area contributed by atoms with Crippen molar-refractivity contribution in [3.05, 3.63) is 28.8 Å². The third-order valence-electron chi connectivity index (χ3n) is 3.06. The Hall–Kier alpha value is -1.75. The number of rotatable bonds is 3. The summed E-state index contributed by atoms with van der Waals surface area (Å²) in [6.45, 7) is 5.38.